The van der Waals surface area contributed by atoms with Crippen LogP contribution in [0.25, 0.3) is 10.9 Å². The van der Waals surface area contributed by atoms with Crippen LogP contribution in [0.1, 0.15) is 26.7 Å². The van der Waals surface area contributed by atoms with E-state index in [1.807, 2.05) is 12.3 Å². The second kappa shape index (κ2) is 5.09. The van der Waals surface area contributed by atoms with Crippen LogP contribution in [0, 0.1) is 16.7 Å². The number of nitrogens with zero attached hydrogens (tertiary/aromatic N) is 2. The quantitative estimate of drug-likeness (QED) is 0.845. The van der Waals surface area contributed by atoms with Gasteiger partial charge in [-0.05, 0) is 30.0 Å². The lowest BCUT2D eigenvalue weighted by Crippen LogP contribution is -2.22. The van der Waals surface area contributed by atoms with Crippen LogP contribution in [-0.2, 0) is 0 Å². The van der Waals surface area contributed by atoms with Gasteiger partial charge in [-0.3, -0.25) is 5.10 Å². The van der Waals surface area contributed by atoms with E-state index < -0.39 is 0 Å². The third kappa shape index (κ3) is 3.01. The minimum atomic E-state index is 0.124. The summed E-state index contributed by atoms with van der Waals surface area (Å²) in [5, 5.41) is 20.1. The molecule has 0 radical (unpaired) electrons. The number of aromatic amines is 1. The SMILES string of the molecule is CC(C)(CCC#N)CNc1ccc2cn[nH]c2c1. The highest BCUT2D eigenvalue weighted by molar-refractivity contribution is 5.81. The van der Waals surface area contributed by atoms with Gasteiger partial charge in [0.15, 0.2) is 0 Å². The molecule has 0 aliphatic heterocycles. The molecular weight excluding hydrogens is 224 g/mol. The maximum Gasteiger partial charge on any atom is 0.0670 e. The molecule has 2 N–H and O–H groups in total. The highest BCUT2D eigenvalue weighted by Crippen LogP contribution is 2.24. The molecule has 4 heteroatoms. The van der Waals surface area contributed by atoms with E-state index in [4.69, 9.17) is 5.26 Å². The van der Waals surface area contributed by atoms with Crippen molar-refractivity contribution in [2.75, 3.05) is 11.9 Å². The summed E-state index contributed by atoms with van der Waals surface area (Å²) in [7, 11) is 0. The number of hydrogen-bond donors (Lipinski definition) is 2. The lowest BCUT2D eigenvalue weighted by Gasteiger charge is -2.24. The first kappa shape index (κ1) is 12.4. The number of rotatable bonds is 5. The Kier molecular flexibility index (Phi) is 3.52. The van der Waals surface area contributed by atoms with Gasteiger partial charge < -0.3 is 5.32 Å². The van der Waals surface area contributed by atoms with Crippen LogP contribution in [-0.4, -0.2) is 16.7 Å². The van der Waals surface area contributed by atoms with Crippen LogP contribution in [0.15, 0.2) is 24.4 Å². The second-order valence-corrected chi connectivity index (χ2v) is 5.35. The molecule has 0 saturated carbocycles. The third-order valence-electron chi connectivity index (χ3n) is 3.13. The fourth-order valence-electron chi connectivity index (χ4n) is 1.87. The van der Waals surface area contributed by atoms with Crippen molar-refractivity contribution < 1.29 is 0 Å². The normalized spacial score (nSPS) is 11.4. The number of fused-ring (bicyclic) bond motifs is 1. The summed E-state index contributed by atoms with van der Waals surface area (Å²) < 4.78 is 0. The molecular formula is C14H18N4. The molecule has 1 heterocycles. The Balaban J connectivity index is 1.99. The van der Waals surface area contributed by atoms with Gasteiger partial charge in [0.1, 0.15) is 0 Å². The maximum atomic E-state index is 8.63. The van der Waals surface area contributed by atoms with Crippen LogP contribution in [0.4, 0.5) is 5.69 Å². The highest BCUT2D eigenvalue weighted by atomic mass is 15.1. The van der Waals surface area contributed by atoms with Crippen molar-refractivity contribution in [3.05, 3.63) is 24.4 Å². The molecule has 2 aromatic rings. The molecule has 0 aliphatic rings. The van der Waals surface area contributed by atoms with E-state index in [1.54, 1.807) is 0 Å². The van der Waals surface area contributed by atoms with Gasteiger partial charge in [0, 0.05) is 24.0 Å². The smallest absolute Gasteiger partial charge is 0.0670 e. The molecule has 94 valence electrons. The Morgan fingerprint density at radius 2 is 2.28 bits per heavy atom. The predicted molar refractivity (Wildman–Crippen MR) is 73.2 cm³/mol. The van der Waals surface area contributed by atoms with Gasteiger partial charge in [-0.2, -0.15) is 10.4 Å². The molecule has 0 unspecified atom stereocenters. The molecule has 2 rings (SSSR count). The Hall–Kier alpha value is -2.02. The van der Waals surface area contributed by atoms with Crippen molar-refractivity contribution in [1.82, 2.24) is 10.2 Å². The summed E-state index contributed by atoms with van der Waals surface area (Å²) in [6.45, 7) is 5.20. The van der Waals surface area contributed by atoms with Crippen LogP contribution < -0.4 is 5.32 Å². The molecule has 0 bridgehead atoms. The number of aromatic nitrogens is 2. The summed E-state index contributed by atoms with van der Waals surface area (Å²) in [5.74, 6) is 0. The average molecular weight is 242 g/mol. The van der Waals surface area contributed by atoms with E-state index in [1.165, 1.54) is 0 Å². The van der Waals surface area contributed by atoms with Gasteiger partial charge in [-0.1, -0.05) is 13.8 Å². The third-order valence-corrected chi connectivity index (χ3v) is 3.13. The molecule has 0 saturated heterocycles. The van der Waals surface area contributed by atoms with Crippen molar-refractivity contribution in [2.24, 2.45) is 5.41 Å². The molecule has 1 aromatic carbocycles. The highest BCUT2D eigenvalue weighted by Gasteiger charge is 2.16. The van der Waals surface area contributed by atoms with Gasteiger partial charge in [0.25, 0.3) is 0 Å². The number of H-pyrrole nitrogens is 1. The molecule has 0 aliphatic carbocycles. The molecule has 0 amide bonds. The van der Waals surface area contributed by atoms with Gasteiger partial charge in [0.05, 0.1) is 17.8 Å². The van der Waals surface area contributed by atoms with Crippen LogP contribution >= 0.6 is 0 Å². The summed E-state index contributed by atoms with van der Waals surface area (Å²) in [4.78, 5) is 0. The first-order valence-electron chi connectivity index (χ1n) is 6.15. The van der Waals surface area contributed by atoms with Crippen molar-refractivity contribution >= 4 is 16.6 Å². The van der Waals surface area contributed by atoms with Gasteiger partial charge in [-0.15, -0.1) is 0 Å². The van der Waals surface area contributed by atoms with Crippen LogP contribution in [0.2, 0.25) is 0 Å². The number of hydrogen-bond acceptors (Lipinski definition) is 3. The first-order valence-corrected chi connectivity index (χ1v) is 6.15. The molecule has 0 spiro atoms. The van der Waals surface area contributed by atoms with Crippen molar-refractivity contribution in [1.29, 1.82) is 5.26 Å². The fraction of sp³-hybridized carbons (Fsp3) is 0.429. The monoisotopic (exact) mass is 242 g/mol. The Bertz CT molecular complexity index is 562. The van der Waals surface area contributed by atoms with E-state index >= 15 is 0 Å². The number of nitriles is 1. The van der Waals surface area contributed by atoms with Crippen LogP contribution in [0.5, 0.6) is 0 Å². The zero-order valence-corrected chi connectivity index (χ0v) is 10.8. The minimum Gasteiger partial charge on any atom is -0.384 e. The Morgan fingerprint density at radius 1 is 1.44 bits per heavy atom. The molecule has 4 nitrogen and oxygen atoms in total. The summed E-state index contributed by atoms with van der Waals surface area (Å²) in [6.07, 6.45) is 3.33. The predicted octanol–water partition coefficient (Wildman–Crippen LogP) is 3.30. The number of nitrogens with one attached hydrogen (secondary N) is 2. The molecule has 0 fully saturated rings. The molecule has 1 aromatic heterocycles. The van der Waals surface area contributed by atoms with E-state index in [2.05, 4.69) is 47.6 Å². The van der Waals surface area contributed by atoms with Crippen molar-refractivity contribution in [3.8, 4) is 6.07 Å². The molecule has 0 atom stereocenters. The lowest BCUT2D eigenvalue weighted by molar-refractivity contribution is 0.364. The van der Waals surface area contributed by atoms with E-state index in [0.717, 1.165) is 29.6 Å². The Morgan fingerprint density at radius 3 is 3.06 bits per heavy atom. The Labute approximate surface area is 107 Å². The van der Waals surface area contributed by atoms with E-state index in [9.17, 15) is 0 Å². The maximum absolute atomic E-state index is 8.63. The largest absolute Gasteiger partial charge is 0.384 e. The average Bonchev–Trinajstić information content (AvgIpc) is 2.81. The standard InChI is InChI=1S/C14H18N4/c1-14(2,6-3-7-15)10-16-12-5-4-11-9-17-18-13(11)8-12/h4-5,8-9,16H,3,6,10H2,1-2H3,(H,17,18). The van der Waals surface area contributed by atoms with Crippen LogP contribution in [0.3, 0.4) is 0 Å². The van der Waals surface area contributed by atoms with E-state index in [-0.39, 0.29) is 5.41 Å². The summed E-state index contributed by atoms with van der Waals surface area (Å²) >= 11 is 0. The second-order valence-electron chi connectivity index (χ2n) is 5.35. The topological polar surface area (TPSA) is 64.5 Å². The first-order chi connectivity index (χ1) is 8.61. The zero-order valence-electron chi connectivity index (χ0n) is 10.8. The fourth-order valence-corrected chi connectivity index (χ4v) is 1.87. The number of benzene rings is 1. The van der Waals surface area contributed by atoms with Gasteiger partial charge in [-0.25, -0.2) is 0 Å². The number of anilines is 1. The van der Waals surface area contributed by atoms with Gasteiger partial charge >= 0.3 is 0 Å². The van der Waals surface area contributed by atoms with Gasteiger partial charge in [0.2, 0.25) is 0 Å². The van der Waals surface area contributed by atoms with E-state index in [0.29, 0.717) is 6.42 Å². The minimum absolute atomic E-state index is 0.124. The van der Waals surface area contributed by atoms with Crippen molar-refractivity contribution in [3.63, 3.8) is 0 Å². The zero-order chi connectivity index (χ0) is 13.0. The lowest BCUT2D eigenvalue weighted by atomic mass is 9.88. The summed E-state index contributed by atoms with van der Waals surface area (Å²) in [6, 6.07) is 8.36. The summed E-state index contributed by atoms with van der Waals surface area (Å²) in [5.41, 5.74) is 2.24. The van der Waals surface area contributed by atoms with Crippen molar-refractivity contribution in [2.45, 2.75) is 26.7 Å². The molecule has 18 heavy (non-hydrogen) atoms.